The lowest BCUT2D eigenvalue weighted by molar-refractivity contribution is 0.0694. The van der Waals surface area contributed by atoms with Crippen LogP contribution in [-0.2, 0) is 0 Å². The Hall–Kier alpha value is -2.89. The van der Waals surface area contributed by atoms with Crippen molar-refractivity contribution in [3.05, 3.63) is 58.9 Å². The Bertz CT molecular complexity index is 787. The number of aromatic nitrogens is 1. The number of carbonyl (C=O) groups is 2. The summed E-state index contributed by atoms with van der Waals surface area (Å²) in [7, 11) is 0. The van der Waals surface area contributed by atoms with Crippen LogP contribution in [0.1, 0.15) is 58.9 Å². The third-order valence-corrected chi connectivity index (χ3v) is 3.63. The third kappa shape index (κ3) is 4.79. The van der Waals surface area contributed by atoms with Crippen molar-refractivity contribution in [1.82, 2.24) is 10.3 Å². The van der Waals surface area contributed by atoms with E-state index in [0.717, 1.165) is 11.3 Å². The van der Waals surface area contributed by atoms with Crippen LogP contribution in [0.4, 0.5) is 0 Å². The summed E-state index contributed by atoms with van der Waals surface area (Å²) in [4.78, 5) is 27.5. The van der Waals surface area contributed by atoms with E-state index in [1.54, 1.807) is 6.92 Å². The van der Waals surface area contributed by atoms with E-state index in [4.69, 9.17) is 9.84 Å². The minimum atomic E-state index is -1.06. The second-order valence-corrected chi connectivity index (χ2v) is 6.07. The molecule has 1 heterocycles. The maximum absolute atomic E-state index is 12.4. The predicted octanol–water partition coefficient (Wildman–Crippen LogP) is 3.37. The molecule has 2 rings (SSSR count). The molecular weight excluding hydrogens is 320 g/mol. The van der Waals surface area contributed by atoms with Gasteiger partial charge in [0.2, 0.25) is 0 Å². The molecule has 1 amide bonds. The SMILES string of the molecule is Cc1nc(C(=O)NC(C)c2cccc(OC(C)C)c2)ccc1C(=O)O. The Kier molecular flexibility index (Phi) is 5.75. The van der Waals surface area contributed by atoms with Crippen molar-refractivity contribution in [3.63, 3.8) is 0 Å². The number of carboxylic acid groups (broad SMARTS) is 1. The number of aryl methyl sites for hydroxylation is 1. The third-order valence-electron chi connectivity index (χ3n) is 3.63. The summed E-state index contributed by atoms with van der Waals surface area (Å²) in [5.41, 5.74) is 1.48. The van der Waals surface area contributed by atoms with E-state index in [9.17, 15) is 9.59 Å². The first-order valence-electron chi connectivity index (χ1n) is 8.06. The molecule has 1 atom stereocenters. The lowest BCUT2D eigenvalue weighted by atomic mass is 10.1. The van der Waals surface area contributed by atoms with Crippen LogP contribution in [0.25, 0.3) is 0 Å². The van der Waals surface area contributed by atoms with Gasteiger partial charge in [0.25, 0.3) is 5.91 Å². The van der Waals surface area contributed by atoms with Gasteiger partial charge < -0.3 is 15.2 Å². The van der Waals surface area contributed by atoms with Gasteiger partial charge in [-0.2, -0.15) is 0 Å². The number of ether oxygens (including phenoxy) is 1. The zero-order valence-electron chi connectivity index (χ0n) is 14.7. The van der Waals surface area contributed by atoms with Crippen molar-refractivity contribution >= 4 is 11.9 Å². The Labute approximate surface area is 146 Å². The first-order valence-corrected chi connectivity index (χ1v) is 8.06. The van der Waals surface area contributed by atoms with Crippen LogP contribution in [0, 0.1) is 6.92 Å². The normalized spacial score (nSPS) is 11.9. The lowest BCUT2D eigenvalue weighted by Gasteiger charge is -2.16. The largest absolute Gasteiger partial charge is 0.491 e. The van der Waals surface area contributed by atoms with Gasteiger partial charge in [0.1, 0.15) is 11.4 Å². The Balaban J connectivity index is 2.12. The van der Waals surface area contributed by atoms with Crippen LogP contribution in [0.15, 0.2) is 36.4 Å². The topological polar surface area (TPSA) is 88.5 Å². The highest BCUT2D eigenvalue weighted by atomic mass is 16.5. The molecule has 0 spiro atoms. The second kappa shape index (κ2) is 7.79. The fourth-order valence-electron chi connectivity index (χ4n) is 2.40. The summed E-state index contributed by atoms with van der Waals surface area (Å²) < 4.78 is 5.67. The predicted molar refractivity (Wildman–Crippen MR) is 94.0 cm³/mol. The van der Waals surface area contributed by atoms with Gasteiger partial charge in [0, 0.05) is 0 Å². The molecule has 6 heteroatoms. The van der Waals surface area contributed by atoms with Crippen LogP contribution in [0.2, 0.25) is 0 Å². The van der Waals surface area contributed by atoms with Gasteiger partial charge in [-0.15, -0.1) is 0 Å². The van der Waals surface area contributed by atoms with Crippen LogP contribution < -0.4 is 10.1 Å². The number of nitrogens with one attached hydrogen (secondary N) is 1. The van der Waals surface area contributed by atoms with E-state index in [1.807, 2.05) is 45.0 Å². The summed E-state index contributed by atoms with van der Waals surface area (Å²) >= 11 is 0. The van der Waals surface area contributed by atoms with Gasteiger partial charge in [0.15, 0.2) is 0 Å². The van der Waals surface area contributed by atoms with E-state index in [1.165, 1.54) is 12.1 Å². The average Bonchev–Trinajstić information content (AvgIpc) is 2.53. The molecule has 0 radical (unpaired) electrons. The number of pyridine rings is 1. The monoisotopic (exact) mass is 342 g/mol. The maximum atomic E-state index is 12.4. The van der Waals surface area contributed by atoms with Crippen molar-refractivity contribution in [2.45, 2.75) is 39.8 Å². The fraction of sp³-hybridized carbons (Fsp3) is 0.316. The number of hydrogen-bond acceptors (Lipinski definition) is 4. The zero-order chi connectivity index (χ0) is 18.6. The van der Waals surface area contributed by atoms with Crippen LogP contribution in [0.3, 0.4) is 0 Å². The molecule has 0 aliphatic carbocycles. The highest BCUT2D eigenvalue weighted by molar-refractivity contribution is 5.94. The van der Waals surface area contributed by atoms with Crippen LogP contribution in [-0.4, -0.2) is 28.1 Å². The molecule has 1 aromatic heterocycles. The number of carbonyl (C=O) groups excluding carboxylic acids is 1. The number of carboxylic acids is 1. The van der Waals surface area contributed by atoms with Gasteiger partial charge in [-0.3, -0.25) is 4.79 Å². The van der Waals surface area contributed by atoms with Crippen molar-refractivity contribution in [1.29, 1.82) is 0 Å². The Morgan fingerprint density at radius 2 is 1.88 bits per heavy atom. The molecule has 2 N–H and O–H groups in total. The van der Waals surface area contributed by atoms with E-state index in [2.05, 4.69) is 10.3 Å². The summed E-state index contributed by atoms with van der Waals surface area (Å²) in [6.07, 6.45) is 0.0695. The number of aromatic carboxylic acids is 1. The first-order chi connectivity index (χ1) is 11.8. The quantitative estimate of drug-likeness (QED) is 0.840. The van der Waals surface area contributed by atoms with Crippen molar-refractivity contribution < 1.29 is 19.4 Å². The van der Waals surface area contributed by atoms with Gasteiger partial charge >= 0.3 is 5.97 Å². The van der Waals surface area contributed by atoms with E-state index in [-0.39, 0.29) is 29.3 Å². The van der Waals surface area contributed by atoms with E-state index >= 15 is 0 Å². The molecule has 0 saturated carbocycles. The highest BCUT2D eigenvalue weighted by Gasteiger charge is 2.16. The molecule has 2 aromatic rings. The highest BCUT2D eigenvalue weighted by Crippen LogP contribution is 2.20. The second-order valence-electron chi connectivity index (χ2n) is 6.07. The van der Waals surface area contributed by atoms with Gasteiger partial charge in [-0.05, 0) is 57.5 Å². The standard InChI is InChI=1S/C19H22N2O4/c1-11(2)25-15-7-5-6-14(10-15)12(3)21-18(22)17-9-8-16(19(23)24)13(4)20-17/h5-12H,1-4H3,(H,21,22)(H,23,24). The van der Waals surface area contributed by atoms with Gasteiger partial charge in [-0.25, -0.2) is 9.78 Å². The van der Waals surface area contributed by atoms with Crippen molar-refractivity contribution in [3.8, 4) is 5.75 Å². The number of hydrogen-bond donors (Lipinski definition) is 2. The molecule has 0 aliphatic rings. The Morgan fingerprint density at radius 1 is 1.16 bits per heavy atom. The molecule has 0 saturated heterocycles. The molecule has 1 unspecified atom stereocenters. The first kappa shape index (κ1) is 18.4. The summed E-state index contributed by atoms with van der Waals surface area (Å²) in [5, 5.41) is 11.9. The van der Waals surface area contributed by atoms with E-state index in [0.29, 0.717) is 5.69 Å². The smallest absolute Gasteiger partial charge is 0.337 e. The minimum absolute atomic E-state index is 0.0695. The van der Waals surface area contributed by atoms with E-state index < -0.39 is 5.97 Å². The lowest BCUT2D eigenvalue weighted by Crippen LogP contribution is -2.27. The van der Waals surface area contributed by atoms with Crippen molar-refractivity contribution in [2.75, 3.05) is 0 Å². The number of nitrogens with zero attached hydrogens (tertiary/aromatic N) is 1. The fourth-order valence-corrected chi connectivity index (χ4v) is 2.40. The molecule has 6 nitrogen and oxygen atoms in total. The average molecular weight is 342 g/mol. The molecule has 0 fully saturated rings. The van der Waals surface area contributed by atoms with Gasteiger partial charge in [0.05, 0.1) is 23.4 Å². The summed E-state index contributed by atoms with van der Waals surface area (Å²) in [6, 6.07) is 10.1. The number of amides is 1. The number of rotatable bonds is 6. The van der Waals surface area contributed by atoms with Crippen molar-refractivity contribution in [2.24, 2.45) is 0 Å². The summed E-state index contributed by atoms with van der Waals surface area (Å²) in [5.74, 6) is -0.677. The molecular formula is C19H22N2O4. The molecule has 132 valence electrons. The number of benzene rings is 1. The molecule has 0 aliphatic heterocycles. The van der Waals surface area contributed by atoms with Gasteiger partial charge in [-0.1, -0.05) is 12.1 Å². The maximum Gasteiger partial charge on any atom is 0.337 e. The Morgan fingerprint density at radius 3 is 2.48 bits per heavy atom. The zero-order valence-corrected chi connectivity index (χ0v) is 14.7. The minimum Gasteiger partial charge on any atom is -0.491 e. The molecule has 0 bridgehead atoms. The molecule has 25 heavy (non-hydrogen) atoms. The molecule has 1 aromatic carbocycles. The van der Waals surface area contributed by atoms with Crippen LogP contribution >= 0.6 is 0 Å². The summed E-state index contributed by atoms with van der Waals surface area (Å²) in [6.45, 7) is 7.33. The van der Waals surface area contributed by atoms with Crippen LogP contribution in [0.5, 0.6) is 5.75 Å².